The van der Waals surface area contributed by atoms with E-state index in [0.717, 1.165) is 35.7 Å². The number of benzene rings is 2. The molecule has 0 bridgehead atoms. The SMILES string of the molecule is COc1ccc(C2(C(=O)Nc3ccc(OCCCN4CCCC[C@@H]4C)cc3)CCOCC2)cc1. The van der Waals surface area contributed by atoms with E-state index in [4.69, 9.17) is 14.2 Å². The minimum absolute atomic E-state index is 0.00489. The summed E-state index contributed by atoms with van der Waals surface area (Å²) in [5.41, 5.74) is 1.17. The van der Waals surface area contributed by atoms with Gasteiger partial charge in [0.1, 0.15) is 11.5 Å². The maximum Gasteiger partial charge on any atom is 0.235 e. The summed E-state index contributed by atoms with van der Waals surface area (Å²) < 4.78 is 16.8. The summed E-state index contributed by atoms with van der Waals surface area (Å²) in [4.78, 5) is 16.1. The third kappa shape index (κ3) is 5.91. The average Bonchev–Trinajstić information content (AvgIpc) is 2.89. The van der Waals surface area contributed by atoms with E-state index in [-0.39, 0.29) is 5.91 Å². The third-order valence-electron chi connectivity index (χ3n) is 7.33. The minimum Gasteiger partial charge on any atom is -0.497 e. The fourth-order valence-electron chi connectivity index (χ4n) is 5.11. The van der Waals surface area contributed by atoms with Crippen molar-refractivity contribution in [3.63, 3.8) is 0 Å². The highest BCUT2D eigenvalue weighted by Crippen LogP contribution is 2.37. The Morgan fingerprint density at radius 1 is 1.06 bits per heavy atom. The van der Waals surface area contributed by atoms with Crippen LogP contribution in [0.15, 0.2) is 48.5 Å². The first-order valence-corrected chi connectivity index (χ1v) is 12.6. The third-order valence-corrected chi connectivity index (χ3v) is 7.33. The molecule has 0 spiro atoms. The molecule has 6 heteroatoms. The zero-order chi connectivity index (χ0) is 23.8. The molecule has 2 saturated heterocycles. The van der Waals surface area contributed by atoms with Crippen LogP contribution in [-0.2, 0) is 14.9 Å². The van der Waals surface area contributed by atoms with Crippen LogP contribution in [0.4, 0.5) is 5.69 Å². The quantitative estimate of drug-likeness (QED) is 0.526. The number of amides is 1. The molecule has 0 unspecified atom stereocenters. The Morgan fingerprint density at radius 2 is 1.76 bits per heavy atom. The predicted molar refractivity (Wildman–Crippen MR) is 135 cm³/mol. The highest BCUT2D eigenvalue weighted by molar-refractivity contribution is 5.99. The van der Waals surface area contributed by atoms with Crippen LogP contribution < -0.4 is 14.8 Å². The lowest BCUT2D eigenvalue weighted by Gasteiger charge is -2.36. The summed E-state index contributed by atoms with van der Waals surface area (Å²) in [5, 5.41) is 3.13. The summed E-state index contributed by atoms with van der Waals surface area (Å²) in [7, 11) is 1.65. The smallest absolute Gasteiger partial charge is 0.235 e. The monoisotopic (exact) mass is 466 g/mol. The van der Waals surface area contributed by atoms with Crippen molar-refractivity contribution in [1.29, 1.82) is 0 Å². The number of ether oxygens (including phenoxy) is 3. The van der Waals surface area contributed by atoms with E-state index in [1.165, 1.54) is 25.8 Å². The van der Waals surface area contributed by atoms with Gasteiger partial charge in [-0.05, 0) is 87.5 Å². The number of methoxy groups -OCH3 is 1. The van der Waals surface area contributed by atoms with Gasteiger partial charge in [-0.3, -0.25) is 4.79 Å². The maximum absolute atomic E-state index is 13.5. The van der Waals surface area contributed by atoms with Crippen LogP contribution >= 0.6 is 0 Å². The van der Waals surface area contributed by atoms with E-state index >= 15 is 0 Å². The molecule has 0 saturated carbocycles. The summed E-state index contributed by atoms with van der Waals surface area (Å²) in [6.07, 6.45) is 6.30. The first-order chi connectivity index (χ1) is 16.6. The van der Waals surface area contributed by atoms with Crippen molar-refractivity contribution >= 4 is 11.6 Å². The molecule has 1 N–H and O–H groups in total. The van der Waals surface area contributed by atoms with Gasteiger partial charge in [-0.15, -0.1) is 0 Å². The predicted octanol–water partition coefficient (Wildman–Crippen LogP) is 5.03. The second kappa shape index (κ2) is 11.7. The van der Waals surface area contributed by atoms with Crippen LogP contribution in [0.2, 0.25) is 0 Å². The Morgan fingerprint density at radius 3 is 2.44 bits per heavy atom. The van der Waals surface area contributed by atoms with Crippen molar-refractivity contribution in [2.75, 3.05) is 45.3 Å². The number of nitrogens with one attached hydrogen (secondary N) is 1. The molecule has 2 aliphatic rings. The van der Waals surface area contributed by atoms with Crippen molar-refractivity contribution in [3.05, 3.63) is 54.1 Å². The Balaban J connectivity index is 1.32. The van der Waals surface area contributed by atoms with Gasteiger partial charge in [0.2, 0.25) is 5.91 Å². The molecule has 4 rings (SSSR count). The minimum atomic E-state index is -0.606. The Labute approximate surface area is 203 Å². The van der Waals surface area contributed by atoms with Gasteiger partial charge < -0.3 is 24.4 Å². The lowest BCUT2D eigenvalue weighted by Crippen LogP contribution is -2.44. The topological polar surface area (TPSA) is 60.0 Å². The Kier molecular flexibility index (Phi) is 8.46. The molecule has 6 nitrogen and oxygen atoms in total. The molecule has 1 amide bonds. The summed E-state index contributed by atoms with van der Waals surface area (Å²) in [5.74, 6) is 1.62. The van der Waals surface area contributed by atoms with Gasteiger partial charge in [-0.1, -0.05) is 18.6 Å². The number of rotatable bonds is 9. The van der Waals surface area contributed by atoms with E-state index in [0.29, 0.717) is 38.7 Å². The molecule has 2 aromatic rings. The van der Waals surface area contributed by atoms with Crippen molar-refractivity contribution < 1.29 is 19.0 Å². The lowest BCUT2D eigenvalue weighted by atomic mass is 9.73. The van der Waals surface area contributed by atoms with Gasteiger partial charge in [0.05, 0.1) is 19.1 Å². The second-order valence-corrected chi connectivity index (χ2v) is 9.48. The second-order valence-electron chi connectivity index (χ2n) is 9.48. The molecule has 0 radical (unpaired) electrons. The van der Waals surface area contributed by atoms with Crippen molar-refractivity contribution in [1.82, 2.24) is 4.90 Å². The molecule has 2 aliphatic heterocycles. The average molecular weight is 467 g/mol. The fraction of sp³-hybridized carbons (Fsp3) is 0.536. The van der Waals surface area contributed by atoms with Gasteiger partial charge in [0, 0.05) is 31.5 Å². The highest BCUT2D eigenvalue weighted by Gasteiger charge is 2.41. The Hall–Kier alpha value is -2.57. The first-order valence-electron chi connectivity index (χ1n) is 12.6. The van der Waals surface area contributed by atoms with Crippen molar-refractivity contribution in [2.45, 2.75) is 56.9 Å². The molecule has 2 fully saturated rings. The van der Waals surface area contributed by atoms with Gasteiger partial charge >= 0.3 is 0 Å². The molecule has 2 aromatic carbocycles. The van der Waals surface area contributed by atoms with Gasteiger partial charge in [-0.2, -0.15) is 0 Å². The van der Waals surface area contributed by atoms with Crippen LogP contribution in [-0.4, -0.2) is 56.9 Å². The van der Waals surface area contributed by atoms with Crippen LogP contribution in [0.5, 0.6) is 11.5 Å². The number of likely N-dealkylation sites (tertiary alicyclic amines) is 1. The van der Waals surface area contributed by atoms with Gasteiger partial charge in [-0.25, -0.2) is 0 Å². The van der Waals surface area contributed by atoms with E-state index in [2.05, 4.69) is 17.1 Å². The first kappa shape index (κ1) is 24.6. The molecule has 0 aromatic heterocycles. The molecular formula is C28H38N2O4. The number of hydrogen-bond donors (Lipinski definition) is 1. The van der Waals surface area contributed by atoms with Crippen LogP contribution in [0.1, 0.15) is 51.0 Å². The summed E-state index contributed by atoms with van der Waals surface area (Å²) in [6.45, 7) is 6.47. The molecular weight excluding hydrogens is 428 g/mol. The van der Waals surface area contributed by atoms with Crippen LogP contribution in [0.3, 0.4) is 0 Å². The van der Waals surface area contributed by atoms with Crippen LogP contribution in [0.25, 0.3) is 0 Å². The number of nitrogens with zero attached hydrogens (tertiary/aromatic N) is 1. The van der Waals surface area contributed by atoms with E-state index in [1.807, 2.05) is 48.5 Å². The zero-order valence-corrected chi connectivity index (χ0v) is 20.6. The molecule has 1 atom stereocenters. The molecule has 2 heterocycles. The van der Waals surface area contributed by atoms with E-state index in [1.54, 1.807) is 7.11 Å². The standard InChI is InChI=1S/C28H38N2O4/c1-22-6-3-4-17-30(22)18-5-19-34-26-13-9-24(10-14-26)29-27(31)28(15-20-33-21-16-28)23-7-11-25(32-2)12-8-23/h7-14,22H,3-6,15-21H2,1-2H3,(H,29,31)/t22-/m0/s1. The van der Waals surface area contributed by atoms with Crippen molar-refractivity contribution in [2.24, 2.45) is 0 Å². The molecule has 184 valence electrons. The number of carbonyl (C=O) groups is 1. The highest BCUT2D eigenvalue weighted by atomic mass is 16.5. The summed E-state index contributed by atoms with van der Waals surface area (Å²) in [6, 6.07) is 16.2. The van der Waals surface area contributed by atoms with Crippen molar-refractivity contribution in [3.8, 4) is 11.5 Å². The molecule has 0 aliphatic carbocycles. The van der Waals surface area contributed by atoms with Gasteiger partial charge in [0.25, 0.3) is 0 Å². The van der Waals surface area contributed by atoms with E-state index < -0.39 is 5.41 Å². The zero-order valence-electron chi connectivity index (χ0n) is 20.6. The fourth-order valence-corrected chi connectivity index (χ4v) is 5.11. The largest absolute Gasteiger partial charge is 0.497 e. The Bertz CT molecular complexity index is 907. The van der Waals surface area contributed by atoms with Crippen LogP contribution in [0, 0.1) is 0 Å². The normalized spacial score (nSPS) is 20.5. The summed E-state index contributed by atoms with van der Waals surface area (Å²) >= 11 is 0. The number of piperidine rings is 1. The lowest BCUT2D eigenvalue weighted by molar-refractivity contribution is -0.125. The maximum atomic E-state index is 13.5. The van der Waals surface area contributed by atoms with Gasteiger partial charge in [0.15, 0.2) is 0 Å². The van der Waals surface area contributed by atoms with E-state index in [9.17, 15) is 4.79 Å². The number of hydrogen-bond acceptors (Lipinski definition) is 5. The number of anilines is 1. The molecule has 34 heavy (non-hydrogen) atoms. The number of carbonyl (C=O) groups excluding carboxylic acids is 1.